The third-order valence-corrected chi connectivity index (χ3v) is 9.84. The van der Waals surface area contributed by atoms with Gasteiger partial charge in [0.1, 0.15) is 6.61 Å². The summed E-state index contributed by atoms with van der Waals surface area (Å²) < 4.78 is 26.4. The molecule has 0 unspecified atom stereocenters. The van der Waals surface area contributed by atoms with E-state index in [-0.39, 0.29) is 19.4 Å². The van der Waals surface area contributed by atoms with E-state index in [1.165, 1.54) is 122 Å². The van der Waals surface area contributed by atoms with Crippen LogP contribution >= 0.6 is 7.82 Å². The van der Waals surface area contributed by atoms with E-state index in [2.05, 4.69) is 60.9 Å². The average molecular weight is 781 g/mol. The van der Waals surface area contributed by atoms with Crippen LogP contribution in [0.25, 0.3) is 0 Å². The Morgan fingerprint density at radius 3 is 1.30 bits per heavy atom. The molecule has 0 spiro atoms. The zero-order valence-corrected chi connectivity index (χ0v) is 35.5. The number of allylic oxidation sites excluding steroid dienone is 8. The minimum Gasteiger partial charge on any atom is -0.462 e. The predicted molar refractivity (Wildman–Crippen MR) is 225 cm³/mol. The van der Waals surface area contributed by atoms with Gasteiger partial charge >= 0.3 is 19.8 Å². The van der Waals surface area contributed by atoms with Crippen LogP contribution in [0.15, 0.2) is 48.6 Å². The van der Waals surface area contributed by atoms with Gasteiger partial charge in [-0.15, -0.1) is 0 Å². The lowest BCUT2D eigenvalue weighted by Gasteiger charge is -2.18. The van der Waals surface area contributed by atoms with Crippen molar-refractivity contribution in [2.45, 2.75) is 213 Å². The maximum absolute atomic E-state index is 12.4. The van der Waals surface area contributed by atoms with Gasteiger partial charge in [0.15, 0.2) is 6.10 Å². The summed E-state index contributed by atoms with van der Waals surface area (Å²) in [6.45, 7) is 3.63. The molecule has 54 heavy (non-hydrogen) atoms. The zero-order chi connectivity index (χ0) is 39.6. The SMILES string of the molecule is CCCCC/C=C/C/C=C/C/C=C/C/C=C/CCCC(=O)OC[C@H](COP(=O)(O)O)OC(=O)CCCCCCCCCCCCCCCCCCCCC. The highest BCUT2D eigenvalue weighted by molar-refractivity contribution is 7.46. The fourth-order valence-electron chi connectivity index (χ4n) is 6.07. The number of hydrogen-bond acceptors (Lipinski definition) is 6. The van der Waals surface area contributed by atoms with Gasteiger partial charge in [-0.3, -0.25) is 14.1 Å². The Labute approximate surface area is 331 Å². The highest BCUT2D eigenvalue weighted by Gasteiger charge is 2.22. The summed E-state index contributed by atoms with van der Waals surface area (Å²) in [6.07, 6.45) is 49.8. The number of phosphoric acid groups is 1. The minimum atomic E-state index is -4.77. The van der Waals surface area contributed by atoms with Crippen LogP contribution in [0.5, 0.6) is 0 Å². The van der Waals surface area contributed by atoms with E-state index < -0.39 is 32.5 Å². The first-order valence-corrected chi connectivity index (χ1v) is 23.5. The standard InChI is InChI=1S/C45H81O8P/c1-3-5-7-9-11-13-15-17-19-21-22-24-26-28-30-32-34-36-38-40-45(47)53-43(42-52-54(48,49)50)41-51-44(46)39-37-35-33-31-29-27-25-23-20-18-16-14-12-10-8-6-4-2/h12,14,18,20,25,27,31,33,43H,3-11,13,15-17,19,21-24,26,28-30,32,34-42H2,1-2H3,(H2,48,49,50)/b14-12+,20-18+,27-25+,33-31+/t43-/m1/s1. The number of hydrogen-bond donors (Lipinski definition) is 2. The normalized spacial score (nSPS) is 12.9. The third kappa shape index (κ3) is 42.7. The maximum Gasteiger partial charge on any atom is 0.469 e. The number of unbranched alkanes of at least 4 members (excludes halogenated alkanes) is 22. The van der Waals surface area contributed by atoms with Crippen molar-refractivity contribution in [2.24, 2.45) is 0 Å². The van der Waals surface area contributed by atoms with E-state index >= 15 is 0 Å². The largest absolute Gasteiger partial charge is 0.469 e. The van der Waals surface area contributed by atoms with Crippen LogP contribution in [-0.2, 0) is 28.2 Å². The first-order chi connectivity index (χ1) is 26.3. The average Bonchev–Trinajstić information content (AvgIpc) is 3.14. The lowest BCUT2D eigenvalue weighted by atomic mass is 10.0. The molecular formula is C45H81O8P. The van der Waals surface area contributed by atoms with Gasteiger partial charge in [-0.1, -0.05) is 191 Å². The van der Waals surface area contributed by atoms with E-state index in [9.17, 15) is 14.2 Å². The quantitative estimate of drug-likeness (QED) is 0.0273. The Morgan fingerprint density at radius 2 is 0.852 bits per heavy atom. The fraction of sp³-hybridized carbons (Fsp3) is 0.778. The molecule has 0 saturated carbocycles. The van der Waals surface area contributed by atoms with Gasteiger partial charge in [-0.2, -0.15) is 0 Å². The molecule has 0 amide bonds. The van der Waals surface area contributed by atoms with Crippen LogP contribution in [0, 0.1) is 0 Å². The minimum absolute atomic E-state index is 0.192. The fourth-order valence-corrected chi connectivity index (χ4v) is 6.43. The number of phosphoric ester groups is 1. The van der Waals surface area contributed by atoms with E-state index in [0.717, 1.165) is 44.9 Å². The molecule has 8 nitrogen and oxygen atoms in total. The van der Waals surface area contributed by atoms with Crippen LogP contribution in [-0.4, -0.2) is 41.0 Å². The van der Waals surface area contributed by atoms with Crippen molar-refractivity contribution in [1.29, 1.82) is 0 Å². The highest BCUT2D eigenvalue weighted by atomic mass is 31.2. The first kappa shape index (κ1) is 52.0. The van der Waals surface area contributed by atoms with Crippen molar-refractivity contribution in [3.8, 4) is 0 Å². The van der Waals surface area contributed by atoms with Gasteiger partial charge in [0.05, 0.1) is 6.61 Å². The van der Waals surface area contributed by atoms with Gasteiger partial charge in [0.25, 0.3) is 0 Å². The van der Waals surface area contributed by atoms with Gasteiger partial charge in [-0.25, -0.2) is 4.57 Å². The van der Waals surface area contributed by atoms with E-state index in [4.69, 9.17) is 19.3 Å². The topological polar surface area (TPSA) is 119 Å². The molecule has 0 aromatic rings. The van der Waals surface area contributed by atoms with Crippen molar-refractivity contribution in [2.75, 3.05) is 13.2 Å². The first-order valence-electron chi connectivity index (χ1n) is 21.9. The Bertz CT molecular complexity index is 1020. The number of ether oxygens (including phenoxy) is 2. The molecule has 9 heteroatoms. The zero-order valence-electron chi connectivity index (χ0n) is 34.6. The molecule has 0 heterocycles. The molecule has 0 aliphatic rings. The number of carbonyl (C=O) groups excluding carboxylic acids is 2. The molecule has 2 N–H and O–H groups in total. The third-order valence-electron chi connectivity index (χ3n) is 9.35. The molecule has 0 saturated heterocycles. The second-order valence-corrected chi connectivity index (χ2v) is 15.9. The molecule has 0 aliphatic heterocycles. The molecule has 0 fully saturated rings. The number of rotatable bonds is 40. The van der Waals surface area contributed by atoms with Crippen molar-refractivity contribution in [3.05, 3.63) is 48.6 Å². The van der Waals surface area contributed by atoms with E-state index in [1.54, 1.807) is 0 Å². The van der Waals surface area contributed by atoms with Crippen LogP contribution in [0.1, 0.15) is 206 Å². The Morgan fingerprint density at radius 1 is 0.481 bits per heavy atom. The van der Waals surface area contributed by atoms with Crippen molar-refractivity contribution in [3.63, 3.8) is 0 Å². The molecule has 0 aromatic carbocycles. The maximum atomic E-state index is 12.4. The van der Waals surface area contributed by atoms with Crippen molar-refractivity contribution < 1.29 is 37.9 Å². The van der Waals surface area contributed by atoms with Crippen molar-refractivity contribution in [1.82, 2.24) is 0 Å². The van der Waals surface area contributed by atoms with E-state index in [0.29, 0.717) is 12.8 Å². The lowest BCUT2D eigenvalue weighted by Crippen LogP contribution is -2.29. The van der Waals surface area contributed by atoms with E-state index in [1.807, 2.05) is 6.08 Å². The summed E-state index contributed by atoms with van der Waals surface area (Å²) in [4.78, 5) is 42.9. The Kier molecular flexibility index (Phi) is 39.2. The second-order valence-electron chi connectivity index (χ2n) is 14.7. The van der Waals surface area contributed by atoms with Crippen LogP contribution < -0.4 is 0 Å². The lowest BCUT2D eigenvalue weighted by molar-refractivity contribution is -0.161. The number of esters is 2. The van der Waals surface area contributed by atoms with Gasteiger partial charge < -0.3 is 19.3 Å². The molecule has 0 rings (SSSR count). The molecule has 0 bridgehead atoms. The van der Waals surface area contributed by atoms with Crippen LogP contribution in [0.3, 0.4) is 0 Å². The molecule has 1 atom stereocenters. The predicted octanol–water partition coefficient (Wildman–Crippen LogP) is 13.5. The van der Waals surface area contributed by atoms with Crippen LogP contribution in [0.2, 0.25) is 0 Å². The summed E-state index contributed by atoms with van der Waals surface area (Å²) in [6, 6.07) is 0. The summed E-state index contributed by atoms with van der Waals surface area (Å²) in [5, 5.41) is 0. The van der Waals surface area contributed by atoms with Gasteiger partial charge in [0, 0.05) is 12.8 Å². The smallest absolute Gasteiger partial charge is 0.462 e. The summed E-state index contributed by atoms with van der Waals surface area (Å²) in [5.74, 6) is -0.945. The molecule has 0 radical (unpaired) electrons. The molecule has 314 valence electrons. The van der Waals surface area contributed by atoms with Gasteiger partial charge in [-0.05, 0) is 51.4 Å². The monoisotopic (exact) mass is 781 g/mol. The molecule has 0 aliphatic carbocycles. The van der Waals surface area contributed by atoms with Crippen molar-refractivity contribution >= 4 is 19.8 Å². The summed E-state index contributed by atoms with van der Waals surface area (Å²) >= 11 is 0. The van der Waals surface area contributed by atoms with Gasteiger partial charge in [0.2, 0.25) is 0 Å². The summed E-state index contributed by atoms with van der Waals surface area (Å²) in [7, 11) is -4.77. The second kappa shape index (κ2) is 40.7. The Balaban J connectivity index is 3.96. The molecular weight excluding hydrogens is 699 g/mol. The summed E-state index contributed by atoms with van der Waals surface area (Å²) in [5.41, 5.74) is 0. The van der Waals surface area contributed by atoms with Crippen LogP contribution in [0.4, 0.5) is 0 Å². The highest BCUT2D eigenvalue weighted by Crippen LogP contribution is 2.36. The Hall–Kier alpha value is -1.99. The molecule has 0 aromatic heterocycles. The number of carbonyl (C=O) groups is 2.